The van der Waals surface area contributed by atoms with Crippen LogP contribution in [0.4, 0.5) is 25.0 Å². The van der Waals surface area contributed by atoms with E-state index in [0.717, 1.165) is 12.1 Å². The van der Waals surface area contributed by atoms with Crippen LogP contribution in [0.1, 0.15) is 24.5 Å². The van der Waals surface area contributed by atoms with Crippen molar-refractivity contribution in [1.29, 1.82) is 0 Å². The molecule has 5 rings (SSSR count). The van der Waals surface area contributed by atoms with Crippen molar-refractivity contribution in [2.24, 2.45) is 0 Å². The quantitative estimate of drug-likeness (QED) is 0.577. The maximum absolute atomic E-state index is 15.1. The Morgan fingerprint density at radius 2 is 1.69 bits per heavy atom. The zero-order valence-electron chi connectivity index (χ0n) is 18.6. The minimum absolute atomic E-state index is 0.0539. The number of H-pyrrole nitrogens is 1. The Kier molecular flexibility index (Phi) is 5.32. The van der Waals surface area contributed by atoms with Gasteiger partial charge in [0.1, 0.15) is 11.2 Å². The van der Waals surface area contributed by atoms with Crippen molar-refractivity contribution < 1.29 is 23.2 Å². The normalized spacial score (nSPS) is 20.0. The molecule has 2 aliphatic heterocycles. The molecule has 2 aliphatic rings. The van der Waals surface area contributed by atoms with E-state index in [1.807, 2.05) is 6.07 Å². The van der Waals surface area contributed by atoms with Gasteiger partial charge < -0.3 is 9.80 Å². The maximum Gasteiger partial charge on any atom is 0.332 e. The molecule has 3 aromatic rings. The number of rotatable bonds is 2. The molecule has 2 aromatic carbocycles. The highest BCUT2D eigenvalue weighted by Gasteiger charge is 2.56. The molecule has 1 atom stereocenters. The number of anilines is 2. The second-order valence-electron chi connectivity index (χ2n) is 8.43. The molecule has 8 nitrogen and oxygen atoms in total. The Balaban J connectivity index is 1.45. The highest BCUT2D eigenvalue weighted by molar-refractivity contribution is 6.20. The minimum atomic E-state index is -1.49. The van der Waals surface area contributed by atoms with Gasteiger partial charge in [0.05, 0.1) is 18.3 Å². The Morgan fingerprint density at radius 1 is 1.00 bits per heavy atom. The van der Waals surface area contributed by atoms with Gasteiger partial charge in [-0.2, -0.15) is 5.10 Å². The standard InChI is InChI=1S/C25H19F2N5O3/c1-25-13-21(33)32(24(35)31(25)10-9-30(23(25)34)18-14-28-29-15-18)22-19(26)11-17(12-20(22)27)8-7-16-5-3-2-4-6-16/h2-6,11-12,14-15H,9-10,13H2,1H3,(H,28,29). The summed E-state index contributed by atoms with van der Waals surface area (Å²) in [7, 11) is 0. The number of urea groups is 1. The Hall–Kier alpha value is -4.52. The van der Waals surface area contributed by atoms with Crippen LogP contribution in [-0.4, -0.2) is 51.6 Å². The molecule has 176 valence electrons. The van der Waals surface area contributed by atoms with Crippen molar-refractivity contribution in [3.05, 3.63) is 77.6 Å². The van der Waals surface area contributed by atoms with E-state index >= 15 is 8.78 Å². The number of piperazine rings is 1. The van der Waals surface area contributed by atoms with E-state index in [0.29, 0.717) is 16.2 Å². The molecule has 0 radical (unpaired) electrons. The summed E-state index contributed by atoms with van der Waals surface area (Å²) in [5.41, 5.74) is -1.05. The van der Waals surface area contributed by atoms with Gasteiger partial charge >= 0.3 is 6.03 Å². The summed E-state index contributed by atoms with van der Waals surface area (Å²) in [6.45, 7) is 1.68. The molecule has 0 saturated carbocycles. The van der Waals surface area contributed by atoms with Crippen LogP contribution >= 0.6 is 0 Å². The third-order valence-electron chi connectivity index (χ3n) is 6.18. The van der Waals surface area contributed by atoms with Crippen molar-refractivity contribution in [2.45, 2.75) is 18.9 Å². The number of nitrogens with zero attached hydrogens (tertiary/aromatic N) is 4. The number of halogens is 2. The first-order chi connectivity index (χ1) is 16.8. The molecule has 0 aliphatic carbocycles. The van der Waals surface area contributed by atoms with E-state index in [2.05, 4.69) is 22.0 Å². The molecule has 0 spiro atoms. The van der Waals surface area contributed by atoms with Crippen molar-refractivity contribution in [3.8, 4) is 11.8 Å². The summed E-state index contributed by atoms with van der Waals surface area (Å²) in [6, 6.07) is 9.90. The highest BCUT2D eigenvalue weighted by atomic mass is 19.1. The molecule has 2 fully saturated rings. The van der Waals surface area contributed by atoms with Gasteiger partial charge in [-0.25, -0.2) is 18.5 Å². The number of aromatic nitrogens is 2. The molecule has 3 heterocycles. The van der Waals surface area contributed by atoms with Crippen LogP contribution in [0.3, 0.4) is 0 Å². The summed E-state index contributed by atoms with van der Waals surface area (Å²) in [5.74, 6) is 1.94. The van der Waals surface area contributed by atoms with Crippen molar-refractivity contribution >= 4 is 29.2 Å². The largest absolute Gasteiger partial charge is 0.332 e. The molecule has 2 saturated heterocycles. The fourth-order valence-corrected chi connectivity index (χ4v) is 4.41. The fraction of sp³-hybridized carbons (Fsp3) is 0.200. The number of amides is 4. The van der Waals surface area contributed by atoms with Gasteiger partial charge in [-0.05, 0) is 31.2 Å². The third kappa shape index (κ3) is 3.71. The van der Waals surface area contributed by atoms with E-state index in [1.165, 1.54) is 29.1 Å². The van der Waals surface area contributed by atoms with Crippen LogP contribution in [0, 0.1) is 23.5 Å². The minimum Gasteiger partial charge on any atom is -0.307 e. The molecule has 35 heavy (non-hydrogen) atoms. The summed E-state index contributed by atoms with van der Waals surface area (Å²) >= 11 is 0. The zero-order valence-corrected chi connectivity index (χ0v) is 18.6. The number of carbonyl (C=O) groups is 3. The Morgan fingerprint density at radius 3 is 2.34 bits per heavy atom. The lowest BCUT2D eigenvalue weighted by atomic mass is 9.88. The lowest BCUT2D eigenvalue weighted by Crippen LogP contribution is -2.72. The molecule has 1 aromatic heterocycles. The number of fused-ring (bicyclic) bond motifs is 1. The number of hydrogen-bond donors (Lipinski definition) is 1. The van der Waals surface area contributed by atoms with Crippen molar-refractivity contribution in [2.75, 3.05) is 22.9 Å². The molecule has 1 N–H and O–H groups in total. The Bertz CT molecular complexity index is 1370. The van der Waals surface area contributed by atoms with Crippen molar-refractivity contribution in [1.82, 2.24) is 15.1 Å². The lowest BCUT2D eigenvalue weighted by Gasteiger charge is -2.51. The molecular weight excluding hydrogens is 456 g/mol. The second kappa shape index (κ2) is 8.36. The van der Waals surface area contributed by atoms with Gasteiger partial charge in [0.25, 0.3) is 5.91 Å². The van der Waals surface area contributed by atoms with Gasteiger partial charge in [-0.15, -0.1) is 0 Å². The summed E-state index contributed by atoms with van der Waals surface area (Å²) < 4.78 is 30.1. The van der Waals surface area contributed by atoms with E-state index in [1.54, 1.807) is 24.3 Å². The van der Waals surface area contributed by atoms with Crippen LogP contribution in [0.5, 0.6) is 0 Å². The number of hydrogen-bond acceptors (Lipinski definition) is 4. The summed E-state index contributed by atoms with van der Waals surface area (Å²) in [5, 5.41) is 6.45. The number of imide groups is 1. The fourth-order valence-electron chi connectivity index (χ4n) is 4.41. The summed E-state index contributed by atoms with van der Waals surface area (Å²) in [4.78, 5) is 42.7. The van der Waals surface area contributed by atoms with Gasteiger partial charge in [-0.1, -0.05) is 30.0 Å². The average molecular weight is 475 g/mol. The number of benzene rings is 2. The third-order valence-corrected chi connectivity index (χ3v) is 6.18. The zero-order chi connectivity index (χ0) is 24.7. The lowest BCUT2D eigenvalue weighted by molar-refractivity contribution is -0.137. The van der Waals surface area contributed by atoms with E-state index < -0.39 is 47.1 Å². The van der Waals surface area contributed by atoms with Gasteiger partial charge in [0.15, 0.2) is 11.6 Å². The maximum atomic E-state index is 15.1. The highest BCUT2D eigenvalue weighted by Crippen LogP contribution is 2.37. The van der Waals surface area contributed by atoms with Gasteiger partial charge in [-0.3, -0.25) is 14.7 Å². The van der Waals surface area contributed by atoms with E-state index in [9.17, 15) is 14.4 Å². The van der Waals surface area contributed by atoms with Crippen LogP contribution in [0.2, 0.25) is 0 Å². The first kappa shape index (κ1) is 22.3. The predicted octanol–water partition coefficient (Wildman–Crippen LogP) is 3.05. The van der Waals surface area contributed by atoms with Crippen LogP contribution < -0.4 is 9.80 Å². The van der Waals surface area contributed by atoms with Gasteiger partial charge in [0.2, 0.25) is 5.91 Å². The average Bonchev–Trinajstić information content (AvgIpc) is 3.36. The van der Waals surface area contributed by atoms with Crippen molar-refractivity contribution in [3.63, 3.8) is 0 Å². The van der Waals surface area contributed by atoms with E-state index in [-0.39, 0.29) is 18.7 Å². The molecular formula is C25H19F2N5O3. The monoisotopic (exact) mass is 475 g/mol. The predicted molar refractivity (Wildman–Crippen MR) is 122 cm³/mol. The molecule has 0 bridgehead atoms. The number of aromatic amines is 1. The smallest absolute Gasteiger partial charge is 0.307 e. The molecule has 1 unspecified atom stereocenters. The van der Waals surface area contributed by atoms with Crippen LogP contribution in [0.25, 0.3) is 0 Å². The Labute approximate surface area is 199 Å². The van der Waals surface area contributed by atoms with Crippen LogP contribution in [-0.2, 0) is 9.59 Å². The summed E-state index contributed by atoms with van der Waals surface area (Å²) in [6.07, 6.45) is 2.56. The molecule has 4 amide bonds. The second-order valence-corrected chi connectivity index (χ2v) is 8.43. The van der Waals surface area contributed by atoms with E-state index in [4.69, 9.17) is 0 Å². The SMILES string of the molecule is CC12CC(=O)N(c3c(F)cc(C#Cc4ccccc4)cc3F)C(=O)N1CCN(c1cn[nH]c1)C2=O. The first-order valence-corrected chi connectivity index (χ1v) is 10.8. The van der Waals surface area contributed by atoms with Gasteiger partial charge in [0, 0.05) is 30.4 Å². The number of carbonyl (C=O) groups excluding carboxylic acids is 3. The molecule has 10 heteroatoms. The topological polar surface area (TPSA) is 89.6 Å². The first-order valence-electron chi connectivity index (χ1n) is 10.8. The van der Waals surface area contributed by atoms with Crippen LogP contribution in [0.15, 0.2) is 54.9 Å². The number of nitrogens with one attached hydrogen (secondary N) is 1.